The molecule has 208 valence electrons. The summed E-state index contributed by atoms with van der Waals surface area (Å²) in [5.41, 5.74) is 1.33. The van der Waals surface area contributed by atoms with Crippen LogP contribution in [-0.2, 0) is 26.2 Å². The normalized spacial score (nSPS) is 12.9. The quantitative estimate of drug-likeness (QED) is 0.311. The van der Waals surface area contributed by atoms with Crippen molar-refractivity contribution in [2.24, 2.45) is 0 Å². The van der Waals surface area contributed by atoms with Gasteiger partial charge in [-0.1, -0.05) is 64.8 Å². The first-order valence-corrected chi connectivity index (χ1v) is 14.9. The third kappa shape index (κ3) is 7.67. The Morgan fingerprint density at radius 3 is 2.28 bits per heavy atom. The van der Waals surface area contributed by atoms with Crippen molar-refractivity contribution in [3.63, 3.8) is 0 Å². The molecule has 2 atom stereocenters. The van der Waals surface area contributed by atoms with Crippen LogP contribution in [0.3, 0.4) is 0 Å². The molecule has 0 radical (unpaired) electrons. The molecule has 2 amide bonds. The SMILES string of the molecule is CCC(C)NC(=O)C(C)N(Cc1cccc(Br)c1)C(=O)CN(c1ccccc1F)S(=O)(=O)c1ccc(C)cc1. The van der Waals surface area contributed by atoms with E-state index in [2.05, 4.69) is 21.2 Å². The Morgan fingerprint density at radius 2 is 1.67 bits per heavy atom. The summed E-state index contributed by atoms with van der Waals surface area (Å²) in [6.07, 6.45) is 0.702. The van der Waals surface area contributed by atoms with Crippen LogP contribution in [0.1, 0.15) is 38.3 Å². The van der Waals surface area contributed by atoms with Gasteiger partial charge in [-0.25, -0.2) is 12.8 Å². The molecule has 2 unspecified atom stereocenters. The monoisotopic (exact) mass is 617 g/mol. The molecule has 0 bridgehead atoms. The van der Waals surface area contributed by atoms with Gasteiger partial charge in [0.1, 0.15) is 18.4 Å². The smallest absolute Gasteiger partial charge is 0.264 e. The Labute approximate surface area is 238 Å². The minimum absolute atomic E-state index is 0.0447. The van der Waals surface area contributed by atoms with E-state index in [4.69, 9.17) is 0 Å². The van der Waals surface area contributed by atoms with Crippen molar-refractivity contribution in [1.82, 2.24) is 10.2 Å². The number of amides is 2. The molecule has 39 heavy (non-hydrogen) atoms. The number of carbonyl (C=O) groups is 2. The summed E-state index contributed by atoms with van der Waals surface area (Å²) in [7, 11) is -4.33. The lowest BCUT2D eigenvalue weighted by atomic mass is 10.1. The fraction of sp³-hybridized carbons (Fsp3) is 0.310. The highest BCUT2D eigenvalue weighted by atomic mass is 79.9. The molecule has 0 aliphatic rings. The number of benzene rings is 3. The van der Waals surface area contributed by atoms with Crippen molar-refractivity contribution in [3.8, 4) is 0 Å². The van der Waals surface area contributed by atoms with E-state index in [0.717, 1.165) is 26.0 Å². The Balaban J connectivity index is 2.04. The highest BCUT2D eigenvalue weighted by molar-refractivity contribution is 9.10. The van der Waals surface area contributed by atoms with Gasteiger partial charge in [0.2, 0.25) is 11.8 Å². The Kier molecular flexibility index (Phi) is 10.3. The van der Waals surface area contributed by atoms with Gasteiger partial charge in [0, 0.05) is 17.1 Å². The Bertz CT molecular complexity index is 1420. The molecule has 0 heterocycles. The van der Waals surface area contributed by atoms with E-state index in [1.54, 1.807) is 25.1 Å². The molecule has 3 aromatic carbocycles. The van der Waals surface area contributed by atoms with Crippen LogP contribution in [0.5, 0.6) is 0 Å². The first-order valence-electron chi connectivity index (χ1n) is 12.6. The Hall–Kier alpha value is -3.24. The van der Waals surface area contributed by atoms with Crippen LogP contribution in [0.15, 0.2) is 82.2 Å². The van der Waals surface area contributed by atoms with Crippen LogP contribution in [0.4, 0.5) is 10.1 Å². The number of hydrogen-bond acceptors (Lipinski definition) is 4. The minimum atomic E-state index is -4.33. The average Bonchev–Trinajstić information content (AvgIpc) is 2.90. The van der Waals surface area contributed by atoms with Gasteiger partial charge in [-0.15, -0.1) is 0 Å². The van der Waals surface area contributed by atoms with Crippen molar-refractivity contribution < 1.29 is 22.4 Å². The van der Waals surface area contributed by atoms with E-state index in [-0.39, 0.29) is 29.1 Å². The average molecular weight is 619 g/mol. The number of hydrogen-bond donors (Lipinski definition) is 1. The minimum Gasteiger partial charge on any atom is -0.352 e. The van der Waals surface area contributed by atoms with Crippen molar-refractivity contribution in [3.05, 3.63) is 94.2 Å². The summed E-state index contributed by atoms with van der Waals surface area (Å²) in [5.74, 6) is -1.81. The third-order valence-corrected chi connectivity index (χ3v) is 8.69. The fourth-order valence-electron chi connectivity index (χ4n) is 3.88. The number of carbonyl (C=O) groups excluding carboxylic acids is 2. The summed E-state index contributed by atoms with van der Waals surface area (Å²) >= 11 is 3.42. The lowest BCUT2D eigenvalue weighted by molar-refractivity contribution is -0.139. The summed E-state index contributed by atoms with van der Waals surface area (Å²) in [6, 6.07) is 17.7. The molecular weight excluding hydrogens is 585 g/mol. The largest absolute Gasteiger partial charge is 0.352 e. The van der Waals surface area contributed by atoms with E-state index in [0.29, 0.717) is 6.42 Å². The van der Waals surface area contributed by atoms with Gasteiger partial charge >= 0.3 is 0 Å². The van der Waals surface area contributed by atoms with Gasteiger partial charge in [-0.2, -0.15) is 0 Å². The number of para-hydroxylation sites is 1. The summed E-state index contributed by atoms with van der Waals surface area (Å²) in [4.78, 5) is 28.2. The van der Waals surface area contributed by atoms with Crippen LogP contribution in [0, 0.1) is 12.7 Å². The first-order chi connectivity index (χ1) is 18.4. The zero-order valence-electron chi connectivity index (χ0n) is 22.4. The topological polar surface area (TPSA) is 86.8 Å². The Morgan fingerprint density at radius 1 is 1.00 bits per heavy atom. The van der Waals surface area contributed by atoms with Gasteiger partial charge in [0.15, 0.2) is 0 Å². The molecule has 7 nitrogen and oxygen atoms in total. The zero-order valence-corrected chi connectivity index (χ0v) is 24.8. The summed E-state index contributed by atoms with van der Waals surface area (Å²) in [5, 5.41) is 2.88. The molecule has 0 saturated carbocycles. The molecule has 0 spiro atoms. The van der Waals surface area contributed by atoms with E-state index in [1.165, 1.54) is 35.2 Å². The van der Waals surface area contributed by atoms with Crippen LogP contribution < -0.4 is 9.62 Å². The van der Waals surface area contributed by atoms with Crippen molar-refractivity contribution >= 4 is 43.5 Å². The van der Waals surface area contributed by atoms with Crippen LogP contribution in [-0.4, -0.2) is 43.8 Å². The highest BCUT2D eigenvalue weighted by Gasteiger charge is 2.33. The summed E-state index contributed by atoms with van der Waals surface area (Å²) in [6.45, 7) is 6.55. The maximum absolute atomic E-state index is 15.0. The molecule has 0 saturated heterocycles. The molecule has 0 aliphatic heterocycles. The lowest BCUT2D eigenvalue weighted by Gasteiger charge is -2.32. The maximum Gasteiger partial charge on any atom is 0.264 e. The van der Waals surface area contributed by atoms with Crippen molar-refractivity contribution in [2.75, 3.05) is 10.8 Å². The fourth-order valence-corrected chi connectivity index (χ4v) is 5.75. The van der Waals surface area contributed by atoms with Crippen LogP contribution in [0.2, 0.25) is 0 Å². The van der Waals surface area contributed by atoms with Gasteiger partial charge in [0.25, 0.3) is 10.0 Å². The number of aryl methyl sites for hydroxylation is 1. The number of rotatable bonds is 11. The second kappa shape index (κ2) is 13.2. The number of nitrogens with zero attached hydrogens (tertiary/aromatic N) is 2. The first kappa shape index (κ1) is 30.3. The van der Waals surface area contributed by atoms with Gasteiger partial charge in [-0.3, -0.25) is 13.9 Å². The van der Waals surface area contributed by atoms with Gasteiger partial charge in [0.05, 0.1) is 10.6 Å². The maximum atomic E-state index is 15.0. The van der Waals surface area contributed by atoms with Crippen molar-refractivity contribution in [2.45, 2.75) is 57.6 Å². The van der Waals surface area contributed by atoms with E-state index < -0.39 is 34.3 Å². The molecule has 0 aromatic heterocycles. The number of anilines is 1. The zero-order chi connectivity index (χ0) is 28.7. The number of halogens is 2. The third-order valence-electron chi connectivity index (χ3n) is 6.42. The molecule has 0 fully saturated rings. The molecule has 3 aromatic rings. The molecule has 3 rings (SSSR count). The van der Waals surface area contributed by atoms with E-state index in [1.807, 2.05) is 39.0 Å². The van der Waals surface area contributed by atoms with Crippen LogP contribution in [0.25, 0.3) is 0 Å². The highest BCUT2D eigenvalue weighted by Crippen LogP contribution is 2.27. The van der Waals surface area contributed by atoms with Gasteiger partial charge in [-0.05, 0) is 69.2 Å². The van der Waals surface area contributed by atoms with E-state index >= 15 is 0 Å². The van der Waals surface area contributed by atoms with Crippen molar-refractivity contribution in [1.29, 1.82) is 0 Å². The standard InChI is InChI=1S/C29H33BrFN3O4S/c1-5-21(3)32-29(36)22(4)33(18-23-9-8-10-24(30)17-23)28(35)19-34(27-12-7-6-11-26(27)31)39(37,38)25-15-13-20(2)14-16-25/h6-17,21-22H,5,18-19H2,1-4H3,(H,32,36). The molecule has 1 N–H and O–H groups in total. The predicted molar refractivity (Wildman–Crippen MR) is 154 cm³/mol. The number of nitrogens with one attached hydrogen (secondary N) is 1. The molecule has 10 heteroatoms. The molecule has 0 aliphatic carbocycles. The second-order valence-corrected chi connectivity index (χ2v) is 12.2. The van der Waals surface area contributed by atoms with E-state index in [9.17, 15) is 22.4 Å². The summed E-state index contributed by atoms with van der Waals surface area (Å²) < 4.78 is 44.0. The lowest BCUT2D eigenvalue weighted by Crippen LogP contribution is -2.52. The predicted octanol–water partition coefficient (Wildman–Crippen LogP) is 5.42. The van der Waals surface area contributed by atoms with Crippen LogP contribution >= 0.6 is 15.9 Å². The number of sulfonamides is 1. The second-order valence-electron chi connectivity index (χ2n) is 9.42. The molecular formula is C29H33BrFN3O4S. The van der Waals surface area contributed by atoms with Gasteiger partial charge < -0.3 is 10.2 Å².